The van der Waals surface area contributed by atoms with E-state index in [0.717, 1.165) is 11.1 Å². The number of rotatable bonds is 9. The number of hydrogen-bond acceptors (Lipinski definition) is 6. The standard InChI is InChI=1S/C21H25N5O5/c22-17(19(27)28)9-13-5-7-15(8-6-13)30-12-16-11-26(21(29)31-16)18-4-2-1-3-14(18)10-25-20(23)24/h1-8,16-17H,9-12,22H2,(H,27,28)(H4,23,24,25). The first-order valence-electron chi connectivity index (χ1n) is 9.65. The molecular weight excluding hydrogens is 402 g/mol. The van der Waals surface area contributed by atoms with E-state index in [1.807, 2.05) is 24.3 Å². The van der Waals surface area contributed by atoms with Crippen molar-refractivity contribution in [2.24, 2.45) is 22.2 Å². The van der Waals surface area contributed by atoms with Gasteiger partial charge in [-0.1, -0.05) is 30.3 Å². The number of nitrogens with two attached hydrogens (primary N) is 3. The number of carboxylic acid groups (broad SMARTS) is 1. The summed E-state index contributed by atoms with van der Waals surface area (Å²) in [6.07, 6.45) is -0.697. The van der Waals surface area contributed by atoms with Gasteiger partial charge in [-0.2, -0.15) is 0 Å². The number of aliphatic carboxylic acids is 1. The number of carbonyl (C=O) groups is 2. The number of nitrogens with zero attached hydrogens (tertiary/aromatic N) is 2. The summed E-state index contributed by atoms with van der Waals surface area (Å²) < 4.78 is 11.2. The molecule has 1 amide bonds. The Morgan fingerprint density at radius 2 is 1.94 bits per heavy atom. The van der Waals surface area contributed by atoms with Crippen LogP contribution in [0.1, 0.15) is 11.1 Å². The first-order chi connectivity index (χ1) is 14.8. The molecule has 0 bridgehead atoms. The fourth-order valence-corrected chi connectivity index (χ4v) is 3.14. The minimum absolute atomic E-state index is 0.0268. The Morgan fingerprint density at radius 1 is 1.23 bits per heavy atom. The highest BCUT2D eigenvalue weighted by Crippen LogP contribution is 2.26. The molecule has 3 rings (SSSR count). The zero-order chi connectivity index (χ0) is 22.4. The van der Waals surface area contributed by atoms with E-state index in [1.54, 1.807) is 24.3 Å². The van der Waals surface area contributed by atoms with Crippen LogP contribution in [0.25, 0.3) is 0 Å². The highest BCUT2D eigenvalue weighted by molar-refractivity contribution is 5.90. The number of para-hydroxylation sites is 1. The number of cyclic esters (lactones) is 1. The fourth-order valence-electron chi connectivity index (χ4n) is 3.14. The third-order valence-electron chi connectivity index (χ3n) is 4.72. The van der Waals surface area contributed by atoms with E-state index in [4.69, 9.17) is 31.8 Å². The molecule has 0 saturated carbocycles. The molecule has 1 heterocycles. The van der Waals surface area contributed by atoms with Crippen molar-refractivity contribution in [1.29, 1.82) is 0 Å². The van der Waals surface area contributed by atoms with Crippen molar-refractivity contribution in [3.05, 3.63) is 59.7 Å². The van der Waals surface area contributed by atoms with Gasteiger partial charge in [-0.3, -0.25) is 9.69 Å². The zero-order valence-electron chi connectivity index (χ0n) is 16.8. The summed E-state index contributed by atoms with van der Waals surface area (Å²) in [6.45, 7) is 0.747. The minimum Gasteiger partial charge on any atom is -0.490 e. The summed E-state index contributed by atoms with van der Waals surface area (Å²) >= 11 is 0. The zero-order valence-corrected chi connectivity index (χ0v) is 16.8. The van der Waals surface area contributed by atoms with Crippen molar-refractivity contribution < 1.29 is 24.2 Å². The van der Waals surface area contributed by atoms with Gasteiger partial charge in [0.05, 0.1) is 18.8 Å². The monoisotopic (exact) mass is 427 g/mol. The van der Waals surface area contributed by atoms with Gasteiger partial charge in [-0.05, 0) is 35.7 Å². The number of amides is 1. The first-order valence-corrected chi connectivity index (χ1v) is 9.65. The van der Waals surface area contributed by atoms with Gasteiger partial charge in [0, 0.05) is 0 Å². The van der Waals surface area contributed by atoms with Gasteiger partial charge in [0.2, 0.25) is 0 Å². The second kappa shape index (κ2) is 9.81. The fraction of sp³-hybridized carbons (Fsp3) is 0.286. The third kappa shape index (κ3) is 5.86. The lowest BCUT2D eigenvalue weighted by atomic mass is 10.1. The third-order valence-corrected chi connectivity index (χ3v) is 4.72. The van der Waals surface area contributed by atoms with Gasteiger partial charge < -0.3 is 31.8 Å². The van der Waals surface area contributed by atoms with Crippen LogP contribution in [0.15, 0.2) is 53.5 Å². The average Bonchev–Trinajstić information content (AvgIpc) is 3.12. The summed E-state index contributed by atoms with van der Waals surface area (Å²) in [6, 6.07) is 13.3. The molecule has 10 heteroatoms. The summed E-state index contributed by atoms with van der Waals surface area (Å²) in [5.74, 6) is -0.496. The van der Waals surface area contributed by atoms with Crippen LogP contribution in [0.2, 0.25) is 0 Å². The van der Waals surface area contributed by atoms with Gasteiger partial charge in [0.15, 0.2) is 12.1 Å². The molecule has 2 aromatic carbocycles. The number of carbonyl (C=O) groups excluding carboxylic acids is 1. The van der Waals surface area contributed by atoms with Crippen LogP contribution in [0.3, 0.4) is 0 Å². The van der Waals surface area contributed by atoms with Crippen molar-refractivity contribution in [1.82, 2.24) is 0 Å². The summed E-state index contributed by atoms with van der Waals surface area (Å²) in [4.78, 5) is 28.8. The molecule has 1 saturated heterocycles. The predicted molar refractivity (Wildman–Crippen MR) is 115 cm³/mol. The molecule has 1 aliphatic rings. The maximum Gasteiger partial charge on any atom is 0.414 e. The molecule has 31 heavy (non-hydrogen) atoms. The van der Waals surface area contributed by atoms with Crippen LogP contribution >= 0.6 is 0 Å². The molecule has 0 radical (unpaired) electrons. The van der Waals surface area contributed by atoms with Crippen LogP contribution in [0, 0.1) is 0 Å². The maximum atomic E-state index is 12.4. The van der Waals surface area contributed by atoms with E-state index < -0.39 is 24.2 Å². The molecular formula is C21H25N5O5. The Balaban J connectivity index is 1.58. The molecule has 2 aromatic rings. The van der Waals surface area contributed by atoms with E-state index >= 15 is 0 Å². The van der Waals surface area contributed by atoms with Crippen LogP contribution in [-0.4, -0.2) is 48.4 Å². The normalized spacial score (nSPS) is 16.5. The van der Waals surface area contributed by atoms with Gasteiger partial charge in [0.25, 0.3) is 0 Å². The van der Waals surface area contributed by atoms with Gasteiger partial charge in [-0.15, -0.1) is 0 Å². The lowest BCUT2D eigenvalue weighted by Gasteiger charge is -2.16. The number of hydrogen-bond donors (Lipinski definition) is 4. The van der Waals surface area contributed by atoms with Crippen molar-refractivity contribution >= 4 is 23.7 Å². The van der Waals surface area contributed by atoms with Gasteiger partial charge in [-0.25, -0.2) is 9.79 Å². The number of benzene rings is 2. The summed E-state index contributed by atoms with van der Waals surface area (Å²) in [5.41, 5.74) is 18.6. The molecule has 7 N–H and O–H groups in total. The Morgan fingerprint density at radius 3 is 2.61 bits per heavy atom. The summed E-state index contributed by atoms with van der Waals surface area (Å²) in [5, 5.41) is 8.89. The van der Waals surface area contributed by atoms with Crippen molar-refractivity contribution in [2.45, 2.75) is 25.1 Å². The van der Waals surface area contributed by atoms with Crippen LogP contribution < -0.4 is 26.8 Å². The van der Waals surface area contributed by atoms with Gasteiger partial charge in [0.1, 0.15) is 18.4 Å². The molecule has 0 aliphatic carbocycles. The molecule has 10 nitrogen and oxygen atoms in total. The number of ether oxygens (including phenoxy) is 2. The molecule has 0 spiro atoms. The number of anilines is 1. The van der Waals surface area contributed by atoms with Crippen molar-refractivity contribution in [3.63, 3.8) is 0 Å². The van der Waals surface area contributed by atoms with Gasteiger partial charge >= 0.3 is 12.1 Å². The topological polar surface area (TPSA) is 166 Å². The smallest absolute Gasteiger partial charge is 0.414 e. The predicted octanol–water partition coefficient (Wildman–Crippen LogP) is 0.819. The molecule has 164 valence electrons. The first kappa shape index (κ1) is 21.9. The van der Waals surface area contributed by atoms with Crippen molar-refractivity contribution in [2.75, 3.05) is 18.1 Å². The lowest BCUT2D eigenvalue weighted by Crippen LogP contribution is -2.32. The van der Waals surface area contributed by atoms with E-state index in [1.165, 1.54) is 4.90 Å². The van der Waals surface area contributed by atoms with E-state index in [9.17, 15) is 9.59 Å². The Labute approximate surface area is 179 Å². The van der Waals surface area contributed by atoms with E-state index in [2.05, 4.69) is 4.99 Å². The number of carboxylic acids is 1. The molecule has 2 unspecified atom stereocenters. The van der Waals surface area contributed by atoms with E-state index in [0.29, 0.717) is 18.0 Å². The Hall–Kier alpha value is -3.79. The Bertz CT molecular complexity index is 959. The number of guanidine groups is 1. The van der Waals surface area contributed by atoms with E-state index in [-0.39, 0.29) is 25.5 Å². The number of aliphatic imine (C=N–C) groups is 1. The highest BCUT2D eigenvalue weighted by Gasteiger charge is 2.33. The molecule has 1 aliphatic heterocycles. The summed E-state index contributed by atoms with van der Waals surface area (Å²) in [7, 11) is 0. The SMILES string of the molecule is NC(N)=NCc1ccccc1N1CC(COc2ccc(CC(N)C(=O)O)cc2)OC1=O. The quantitative estimate of drug-likeness (QED) is 0.337. The second-order valence-electron chi connectivity index (χ2n) is 7.09. The highest BCUT2D eigenvalue weighted by atomic mass is 16.6. The molecule has 2 atom stereocenters. The van der Waals surface area contributed by atoms with Crippen LogP contribution in [-0.2, 0) is 22.5 Å². The van der Waals surface area contributed by atoms with Crippen LogP contribution in [0.5, 0.6) is 5.75 Å². The second-order valence-corrected chi connectivity index (χ2v) is 7.09. The maximum absolute atomic E-state index is 12.4. The van der Waals surface area contributed by atoms with Crippen molar-refractivity contribution in [3.8, 4) is 5.75 Å². The molecule has 1 fully saturated rings. The lowest BCUT2D eigenvalue weighted by molar-refractivity contribution is -0.138. The van der Waals surface area contributed by atoms with Crippen LogP contribution in [0.4, 0.5) is 10.5 Å². The Kier molecular flexibility index (Phi) is 6.93. The largest absolute Gasteiger partial charge is 0.490 e. The average molecular weight is 427 g/mol. The minimum atomic E-state index is -1.05. The molecule has 0 aromatic heterocycles.